The lowest BCUT2D eigenvalue weighted by Gasteiger charge is -2.03. The Kier molecular flexibility index (Phi) is 2.20. The van der Waals surface area contributed by atoms with E-state index in [4.69, 9.17) is 5.84 Å². The normalized spacial score (nSPS) is 10.6. The lowest BCUT2D eigenvalue weighted by atomic mass is 10.2. The van der Waals surface area contributed by atoms with E-state index < -0.39 is 0 Å². The minimum absolute atomic E-state index is 0.363. The fourth-order valence-electron chi connectivity index (χ4n) is 1.69. The number of nitrogen functional groups attached to an aromatic ring is 1. The summed E-state index contributed by atoms with van der Waals surface area (Å²) in [6.07, 6.45) is 3.43. The highest BCUT2D eigenvalue weighted by atomic mass is 15.3. The van der Waals surface area contributed by atoms with Crippen molar-refractivity contribution in [1.82, 2.24) is 19.7 Å². The van der Waals surface area contributed by atoms with Crippen LogP contribution >= 0.6 is 0 Å². The minimum Gasteiger partial charge on any atom is -0.292 e. The molecule has 3 rings (SSSR count). The molecule has 0 unspecified atom stereocenters. The van der Waals surface area contributed by atoms with Crippen molar-refractivity contribution < 1.29 is 0 Å². The van der Waals surface area contributed by atoms with E-state index in [1.54, 1.807) is 23.1 Å². The van der Waals surface area contributed by atoms with Crippen LogP contribution in [0.5, 0.6) is 0 Å². The quantitative estimate of drug-likeness (QED) is 0.505. The molecular formula is C11H10N6. The van der Waals surface area contributed by atoms with Gasteiger partial charge in [0.05, 0.1) is 11.7 Å². The summed E-state index contributed by atoms with van der Waals surface area (Å²) in [5.41, 5.74) is 3.41. The van der Waals surface area contributed by atoms with Crippen LogP contribution in [0.3, 0.4) is 0 Å². The Hall–Kier alpha value is -2.47. The standard InChI is InChI=1S/C11H10N6/c12-16-11-13-6-5-10(15-11)17-9-4-2-1-3-8(9)7-14-17/h1-7H,12H2,(H,13,15,16). The monoisotopic (exact) mass is 226 g/mol. The third-order valence-electron chi connectivity index (χ3n) is 2.46. The summed E-state index contributed by atoms with van der Waals surface area (Å²) in [6.45, 7) is 0. The van der Waals surface area contributed by atoms with Crippen LogP contribution < -0.4 is 11.3 Å². The van der Waals surface area contributed by atoms with Crippen molar-refractivity contribution in [2.45, 2.75) is 0 Å². The van der Waals surface area contributed by atoms with Crippen LogP contribution in [0, 0.1) is 0 Å². The van der Waals surface area contributed by atoms with Gasteiger partial charge in [0, 0.05) is 17.6 Å². The maximum atomic E-state index is 5.28. The van der Waals surface area contributed by atoms with Gasteiger partial charge in [0.15, 0.2) is 5.82 Å². The topological polar surface area (TPSA) is 81.6 Å². The van der Waals surface area contributed by atoms with Crippen LogP contribution in [0.2, 0.25) is 0 Å². The number of anilines is 1. The highest BCUT2D eigenvalue weighted by Crippen LogP contribution is 2.16. The number of nitrogens with one attached hydrogen (secondary N) is 1. The average molecular weight is 226 g/mol. The number of aromatic nitrogens is 4. The molecule has 3 aromatic rings. The Bertz CT molecular complexity index is 660. The van der Waals surface area contributed by atoms with Crippen LogP contribution in [0.1, 0.15) is 0 Å². The Balaban J connectivity index is 2.20. The van der Waals surface area contributed by atoms with Crippen LogP contribution in [-0.2, 0) is 0 Å². The largest absolute Gasteiger partial charge is 0.292 e. The first-order valence-electron chi connectivity index (χ1n) is 5.11. The van der Waals surface area contributed by atoms with Gasteiger partial charge in [0.2, 0.25) is 5.95 Å². The molecule has 0 aliphatic carbocycles. The van der Waals surface area contributed by atoms with Crippen LogP contribution in [0.15, 0.2) is 42.7 Å². The van der Waals surface area contributed by atoms with Gasteiger partial charge in [-0.1, -0.05) is 18.2 Å². The number of para-hydroxylation sites is 1. The van der Waals surface area contributed by atoms with E-state index in [-0.39, 0.29) is 0 Å². The van der Waals surface area contributed by atoms with Crippen LogP contribution in [-0.4, -0.2) is 19.7 Å². The summed E-state index contributed by atoms with van der Waals surface area (Å²) in [7, 11) is 0. The van der Waals surface area contributed by atoms with E-state index in [0.717, 1.165) is 10.9 Å². The Morgan fingerprint density at radius 3 is 2.94 bits per heavy atom. The number of hydrazine groups is 1. The summed E-state index contributed by atoms with van der Waals surface area (Å²) < 4.78 is 1.75. The van der Waals surface area contributed by atoms with Crippen LogP contribution in [0.4, 0.5) is 5.95 Å². The first-order valence-corrected chi connectivity index (χ1v) is 5.11. The molecule has 0 spiro atoms. The van der Waals surface area contributed by atoms with Crippen molar-refractivity contribution in [1.29, 1.82) is 0 Å². The number of fused-ring (bicyclic) bond motifs is 1. The second-order valence-electron chi connectivity index (χ2n) is 3.50. The molecule has 0 atom stereocenters. The van der Waals surface area contributed by atoms with Gasteiger partial charge in [-0.05, 0) is 6.07 Å². The van der Waals surface area contributed by atoms with E-state index in [0.29, 0.717) is 11.8 Å². The molecule has 17 heavy (non-hydrogen) atoms. The molecule has 2 heterocycles. The lowest BCUT2D eigenvalue weighted by molar-refractivity contribution is 0.866. The van der Waals surface area contributed by atoms with E-state index in [1.807, 2.05) is 24.3 Å². The fourth-order valence-corrected chi connectivity index (χ4v) is 1.69. The molecular weight excluding hydrogens is 216 g/mol. The first kappa shape index (κ1) is 9.73. The molecule has 0 fully saturated rings. The molecule has 0 amide bonds. The summed E-state index contributed by atoms with van der Waals surface area (Å²) in [5.74, 6) is 6.32. The third kappa shape index (κ3) is 1.60. The molecule has 2 aromatic heterocycles. The van der Waals surface area contributed by atoms with Crippen molar-refractivity contribution in [3.05, 3.63) is 42.7 Å². The molecule has 84 valence electrons. The number of nitrogens with two attached hydrogens (primary N) is 1. The molecule has 6 heteroatoms. The van der Waals surface area contributed by atoms with Crippen molar-refractivity contribution in [2.75, 3.05) is 5.43 Å². The van der Waals surface area contributed by atoms with Gasteiger partial charge in [-0.15, -0.1) is 0 Å². The van der Waals surface area contributed by atoms with Gasteiger partial charge in [-0.3, -0.25) is 5.43 Å². The highest BCUT2D eigenvalue weighted by Gasteiger charge is 2.05. The predicted octanol–water partition coefficient (Wildman–Crippen LogP) is 1.10. The van der Waals surface area contributed by atoms with Gasteiger partial charge < -0.3 is 0 Å². The van der Waals surface area contributed by atoms with Crippen molar-refractivity contribution in [3.63, 3.8) is 0 Å². The Labute approximate surface area is 97.1 Å². The van der Waals surface area contributed by atoms with Gasteiger partial charge >= 0.3 is 0 Å². The summed E-state index contributed by atoms with van der Waals surface area (Å²) in [4.78, 5) is 8.20. The second kappa shape index (κ2) is 3.84. The maximum absolute atomic E-state index is 5.28. The molecule has 6 nitrogen and oxygen atoms in total. The Morgan fingerprint density at radius 2 is 2.06 bits per heavy atom. The van der Waals surface area contributed by atoms with Crippen LogP contribution in [0.25, 0.3) is 16.7 Å². The zero-order valence-corrected chi connectivity index (χ0v) is 8.91. The van der Waals surface area contributed by atoms with Gasteiger partial charge in [0.25, 0.3) is 0 Å². The molecule has 0 saturated carbocycles. The third-order valence-corrected chi connectivity index (χ3v) is 2.46. The zero-order valence-electron chi connectivity index (χ0n) is 8.91. The molecule has 0 bridgehead atoms. The van der Waals surface area contributed by atoms with E-state index in [1.165, 1.54) is 0 Å². The maximum Gasteiger partial charge on any atom is 0.239 e. The van der Waals surface area contributed by atoms with Crippen molar-refractivity contribution >= 4 is 16.9 Å². The number of nitrogens with zero attached hydrogens (tertiary/aromatic N) is 4. The first-order chi connectivity index (χ1) is 8.38. The fraction of sp³-hybridized carbons (Fsp3) is 0. The van der Waals surface area contributed by atoms with E-state index in [2.05, 4.69) is 20.5 Å². The second-order valence-corrected chi connectivity index (χ2v) is 3.50. The van der Waals surface area contributed by atoms with Gasteiger partial charge in [-0.25, -0.2) is 15.5 Å². The van der Waals surface area contributed by atoms with Gasteiger partial charge in [0.1, 0.15) is 0 Å². The number of hydrogen-bond acceptors (Lipinski definition) is 5. The molecule has 1 aromatic carbocycles. The van der Waals surface area contributed by atoms with E-state index in [9.17, 15) is 0 Å². The molecule has 0 saturated heterocycles. The van der Waals surface area contributed by atoms with E-state index >= 15 is 0 Å². The highest BCUT2D eigenvalue weighted by molar-refractivity contribution is 5.79. The lowest BCUT2D eigenvalue weighted by Crippen LogP contribution is -2.11. The van der Waals surface area contributed by atoms with Crippen molar-refractivity contribution in [3.8, 4) is 5.82 Å². The predicted molar refractivity (Wildman–Crippen MR) is 64.5 cm³/mol. The molecule has 0 aliphatic rings. The summed E-state index contributed by atoms with van der Waals surface area (Å²) in [5, 5.41) is 5.36. The SMILES string of the molecule is NNc1nccc(-n2ncc3ccccc32)n1. The number of hydrogen-bond donors (Lipinski definition) is 2. The van der Waals surface area contributed by atoms with Crippen molar-refractivity contribution in [2.24, 2.45) is 5.84 Å². The summed E-state index contributed by atoms with van der Waals surface area (Å²) in [6, 6.07) is 9.70. The minimum atomic E-state index is 0.363. The number of rotatable bonds is 2. The molecule has 3 N–H and O–H groups in total. The molecule has 0 aliphatic heterocycles. The summed E-state index contributed by atoms with van der Waals surface area (Å²) >= 11 is 0. The van der Waals surface area contributed by atoms with Gasteiger partial charge in [-0.2, -0.15) is 10.1 Å². The molecule has 0 radical (unpaired) electrons. The average Bonchev–Trinajstić information content (AvgIpc) is 2.82. The number of benzene rings is 1. The smallest absolute Gasteiger partial charge is 0.239 e. The zero-order chi connectivity index (χ0) is 11.7. The Morgan fingerprint density at radius 1 is 1.18 bits per heavy atom.